The van der Waals surface area contributed by atoms with Crippen molar-refractivity contribution in [1.82, 2.24) is 5.32 Å². The number of hydrogen-bond donors (Lipinski definition) is 1. The van der Waals surface area contributed by atoms with Crippen molar-refractivity contribution in [1.29, 1.82) is 0 Å². The minimum Gasteiger partial charge on any atom is -0.313 e. The fraction of sp³-hybridized carbons (Fsp3) is 1.00. The van der Waals surface area contributed by atoms with Crippen LogP contribution in [0.5, 0.6) is 0 Å². The molecule has 1 heteroatoms. The number of rotatable bonds is 4. The molecule has 1 unspecified atom stereocenters. The Balaban J connectivity index is 1.79. The first kappa shape index (κ1) is 12.4. The van der Waals surface area contributed by atoms with E-state index in [-0.39, 0.29) is 0 Å². The zero-order valence-corrected chi connectivity index (χ0v) is 11.4. The molecule has 16 heavy (non-hydrogen) atoms. The molecule has 2 saturated carbocycles. The zero-order chi connectivity index (χ0) is 11.6. The Morgan fingerprint density at radius 1 is 1.12 bits per heavy atom. The van der Waals surface area contributed by atoms with E-state index in [2.05, 4.69) is 26.1 Å². The maximum absolute atomic E-state index is 3.87. The van der Waals surface area contributed by atoms with Crippen molar-refractivity contribution >= 4 is 0 Å². The Morgan fingerprint density at radius 3 is 2.31 bits per heavy atom. The summed E-state index contributed by atoms with van der Waals surface area (Å²) < 4.78 is 0. The van der Waals surface area contributed by atoms with Gasteiger partial charge in [0.2, 0.25) is 0 Å². The molecule has 2 aliphatic rings. The third-order valence-electron chi connectivity index (χ3n) is 5.15. The highest BCUT2D eigenvalue weighted by Gasteiger charge is 2.35. The van der Waals surface area contributed by atoms with Crippen molar-refractivity contribution in [3.63, 3.8) is 0 Å². The van der Waals surface area contributed by atoms with Crippen molar-refractivity contribution < 1.29 is 0 Å². The van der Waals surface area contributed by atoms with Gasteiger partial charge in [0.1, 0.15) is 0 Å². The normalized spacial score (nSPS) is 32.1. The van der Waals surface area contributed by atoms with E-state index < -0.39 is 0 Å². The van der Waals surface area contributed by atoms with Crippen molar-refractivity contribution in [2.24, 2.45) is 10.8 Å². The zero-order valence-electron chi connectivity index (χ0n) is 11.4. The van der Waals surface area contributed by atoms with Crippen LogP contribution in [-0.4, -0.2) is 12.6 Å². The summed E-state index contributed by atoms with van der Waals surface area (Å²) in [5.74, 6) is 0. The quantitative estimate of drug-likeness (QED) is 0.756. The van der Waals surface area contributed by atoms with Gasteiger partial charge in [-0.25, -0.2) is 0 Å². The van der Waals surface area contributed by atoms with Crippen LogP contribution in [0.1, 0.15) is 72.1 Å². The van der Waals surface area contributed by atoms with Crippen molar-refractivity contribution in [2.45, 2.75) is 78.2 Å². The van der Waals surface area contributed by atoms with Gasteiger partial charge in [-0.15, -0.1) is 0 Å². The summed E-state index contributed by atoms with van der Waals surface area (Å²) in [6.45, 7) is 8.50. The molecule has 0 aliphatic heterocycles. The molecule has 0 aromatic rings. The molecule has 0 radical (unpaired) electrons. The molecule has 0 bridgehead atoms. The maximum Gasteiger partial charge on any atom is 0.00725 e. The SMILES string of the molecule is CCC1(CNC2CCC(C)(C)C2)CCCC1. The second-order valence-corrected chi connectivity index (χ2v) is 7.05. The van der Waals surface area contributed by atoms with Crippen molar-refractivity contribution in [2.75, 3.05) is 6.54 Å². The van der Waals surface area contributed by atoms with Crippen LogP contribution >= 0.6 is 0 Å². The van der Waals surface area contributed by atoms with E-state index in [1.54, 1.807) is 0 Å². The fourth-order valence-corrected chi connectivity index (χ4v) is 3.75. The molecule has 0 amide bonds. The number of nitrogens with one attached hydrogen (secondary N) is 1. The van der Waals surface area contributed by atoms with Gasteiger partial charge in [-0.3, -0.25) is 0 Å². The van der Waals surface area contributed by atoms with Crippen LogP contribution in [0.25, 0.3) is 0 Å². The van der Waals surface area contributed by atoms with Crippen LogP contribution in [0.3, 0.4) is 0 Å². The average molecular weight is 223 g/mol. The van der Waals surface area contributed by atoms with Crippen molar-refractivity contribution in [3.8, 4) is 0 Å². The van der Waals surface area contributed by atoms with E-state index in [0.717, 1.165) is 6.04 Å². The van der Waals surface area contributed by atoms with E-state index in [1.807, 2.05) is 0 Å². The maximum atomic E-state index is 3.87. The molecule has 2 aliphatic carbocycles. The minimum atomic E-state index is 0.590. The largest absolute Gasteiger partial charge is 0.313 e. The van der Waals surface area contributed by atoms with Crippen LogP contribution in [-0.2, 0) is 0 Å². The highest BCUT2D eigenvalue weighted by atomic mass is 14.9. The summed E-state index contributed by atoms with van der Waals surface area (Å²) in [6.07, 6.45) is 11.4. The van der Waals surface area contributed by atoms with Crippen LogP contribution < -0.4 is 5.32 Å². The van der Waals surface area contributed by atoms with Gasteiger partial charge in [0.25, 0.3) is 0 Å². The fourth-order valence-electron chi connectivity index (χ4n) is 3.75. The first-order valence-electron chi connectivity index (χ1n) is 7.29. The van der Waals surface area contributed by atoms with Crippen LogP contribution in [0.4, 0.5) is 0 Å². The predicted molar refractivity (Wildman–Crippen MR) is 70.6 cm³/mol. The first-order valence-corrected chi connectivity index (χ1v) is 7.29. The average Bonchev–Trinajstić information content (AvgIpc) is 2.83. The topological polar surface area (TPSA) is 12.0 Å². The molecule has 0 aromatic heterocycles. The Labute approximate surface area is 101 Å². The molecular formula is C15H29N. The lowest BCUT2D eigenvalue weighted by Gasteiger charge is -2.30. The van der Waals surface area contributed by atoms with Gasteiger partial charge in [-0.2, -0.15) is 0 Å². The summed E-state index contributed by atoms with van der Waals surface area (Å²) in [5, 5.41) is 3.87. The molecule has 0 spiro atoms. The molecule has 2 rings (SSSR count). The van der Waals surface area contributed by atoms with Gasteiger partial charge < -0.3 is 5.32 Å². The minimum absolute atomic E-state index is 0.590. The van der Waals surface area contributed by atoms with Crippen LogP contribution in [0.2, 0.25) is 0 Å². The Kier molecular flexibility index (Phi) is 3.63. The van der Waals surface area contributed by atoms with Gasteiger partial charge in [0.05, 0.1) is 0 Å². The van der Waals surface area contributed by atoms with Gasteiger partial charge in [-0.1, -0.05) is 33.6 Å². The molecule has 0 aromatic carbocycles. The van der Waals surface area contributed by atoms with Gasteiger partial charge >= 0.3 is 0 Å². The molecule has 0 heterocycles. The lowest BCUT2D eigenvalue weighted by molar-refractivity contribution is 0.251. The Hall–Kier alpha value is -0.0400. The highest BCUT2D eigenvalue weighted by Crippen LogP contribution is 2.42. The monoisotopic (exact) mass is 223 g/mol. The summed E-state index contributed by atoms with van der Waals surface area (Å²) >= 11 is 0. The molecular weight excluding hydrogens is 194 g/mol. The third kappa shape index (κ3) is 2.80. The van der Waals surface area contributed by atoms with Crippen molar-refractivity contribution in [3.05, 3.63) is 0 Å². The summed E-state index contributed by atoms with van der Waals surface area (Å²) in [6, 6.07) is 0.805. The van der Waals surface area contributed by atoms with Crippen LogP contribution in [0.15, 0.2) is 0 Å². The molecule has 1 N–H and O–H groups in total. The number of hydrogen-bond acceptors (Lipinski definition) is 1. The predicted octanol–water partition coefficient (Wildman–Crippen LogP) is 4.13. The second-order valence-electron chi connectivity index (χ2n) is 7.05. The van der Waals surface area contributed by atoms with Crippen LogP contribution in [0, 0.1) is 10.8 Å². The Morgan fingerprint density at radius 2 is 1.81 bits per heavy atom. The summed E-state index contributed by atoms with van der Waals surface area (Å²) in [7, 11) is 0. The van der Waals surface area contributed by atoms with Gasteiger partial charge in [0.15, 0.2) is 0 Å². The molecule has 1 nitrogen and oxygen atoms in total. The lowest BCUT2D eigenvalue weighted by Crippen LogP contribution is -2.37. The Bertz CT molecular complexity index is 226. The van der Waals surface area contributed by atoms with Gasteiger partial charge in [-0.05, 0) is 49.4 Å². The molecule has 0 saturated heterocycles. The third-order valence-corrected chi connectivity index (χ3v) is 5.15. The summed E-state index contributed by atoms with van der Waals surface area (Å²) in [4.78, 5) is 0. The smallest absolute Gasteiger partial charge is 0.00725 e. The van der Waals surface area contributed by atoms with E-state index >= 15 is 0 Å². The van der Waals surface area contributed by atoms with E-state index in [0.29, 0.717) is 10.8 Å². The van der Waals surface area contributed by atoms with Gasteiger partial charge in [0, 0.05) is 12.6 Å². The lowest BCUT2D eigenvalue weighted by atomic mass is 9.83. The molecule has 94 valence electrons. The summed E-state index contributed by atoms with van der Waals surface area (Å²) in [5.41, 5.74) is 1.25. The van der Waals surface area contributed by atoms with E-state index in [9.17, 15) is 0 Å². The standard InChI is InChI=1S/C15H29N/c1-4-15(8-5-6-9-15)12-16-13-7-10-14(2,3)11-13/h13,16H,4-12H2,1-3H3. The highest BCUT2D eigenvalue weighted by molar-refractivity contribution is 4.90. The molecule has 2 fully saturated rings. The second kappa shape index (κ2) is 4.68. The van der Waals surface area contributed by atoms with E-state index in [1.165, 1.54) is 57.9 Å². The van der Waals surface area contributed by atoms with E-state index in [4.69, 9.17) is 0 Å². The first-order chi connectivity index (χ1) is 7.55. The molecule has 1 atom stereocenters.